The molecule has 2 aromatic rings. The number of aromatic nitrogens is 4. The van der Waals surface area contributed by atoms with Gasteiger partial charge in [0.2, 0.25) is 11.2 Å². The number of fused-ring (bicyclic) bond motifs is 2. The molecule has 3 atom stereocenters. The zero-order chi connectivity index (χ0) is 13.9. The maximum Gasteiger partial charge on any atom is 0.224 e. The highest BCUT2D eigenvalue weighted by Crippen LogP contribution is 2.45. The van der Waals surface area contributed by atoms with Crippen molar-refractivity contribution in [1.82, 2.24) is 24.6 Å². The zero-order valence-corrected chi connectivity index (χ0v) is 11.8. The Morgan fingerprint density at radius 3 is 3.05 bits per heavy atom. The third-order valence-electron chi connectivity index (χ3n) is 4.52. The topological polar surface area (TPSA) is 63.9 Å². The van der Waals surface area contributed by atoms with E-state index in [-0.39, 0.29) is 23.3 Å². The van der Waals surface area contributed by atoms with Crippen molar-refractivity contribution >= 4 is 28.5 Å². The predicted molar refractivity (Wildman–Crippen MR) is 73.3 cm³/mol. The molecule has 4 rings (SSSR count). The molecule has 1 amide bonds. The van der Waals surface area contributed by atoms with Gasteiger partial charge in [-0.2, -0.15) is 10.1 Å². The van der Waals surface area contributed by atoms with Crippen LogP contribution in [0, 0.1) is 5.92 Å². The van der Waals surface area contributed by atoms with Gasteiger partial charge in [0.25, 0.3) is 0 Å². The molecule has 0 aromatic carbocycles. The van der Waals surface area contributed by atoms with Gasteiger partial charge >= 0.3 is 0 Å². The fourth-order valence-corrected chi connectivity index (χ4v) is 3.73. The molecule has 0 bridgehead atoms. The minimum atomic E-state index is 0.141. The van der Waals surface area contributed by atoms with Crippen LogP contribution in [0.4, 0.5) is 0 Å². The molecule has 3 unspecified atom stereocenters. The Morgan fingerprint density at radius 2 is 2.25 bits per heavy atom. The van der Waals surface area contributed by atoms with Crippen molar-refractivity contribution in [2.45, 2.75) is 31.8 Å². The van der Waals surface area contributed by atoms with Crippen LogP contribution >= 0.6 is 11.6 Å². The Bertz CT molecular complexity index is 699. The summed E-state index contributed by atoms with van der Waals surface area (Å²) in [4.78, 5) is 21.9. The van der Waals surface area contributed by atoms with E-state index in [4.69, 9.17) is 11.6 Å². The summed E-state index contributed by atoms with van der Waals surface area (Å²) in [5, 5.41) is 5.56. The maximum absolute atomic E-state index is 11.7. The second kappa shape index (κ2) is 4.15. The molecular formula is C13H14ClN5O. The standard InChI is InChI=1S/C13H14ClN5O/c1-7(20)18-6-8-2-3-10(11(8)18)19-12-9(5-16-19)4-15-13(14)17-12/h4-5,8,10-11H,2-3,6H2,1H3. The van der Waals surface area contributed by atoms with Crippen LogP contribution in [0.3, 0.4) is 0 Å². The van der Waals surface area contributed by atoms with Crippen LogP contribution in [-0.4, -0.2) is 43.1 Å². The van der Waals surface area contributed by atoms with Crippen LogP contribution in [0.15, 0.2) is 12.4 Å². The molecule has 6 nitrogen and oxygen atoms in total. The number of likely N-dealkylation sites (tertiary alicyclic amines) is 1. The minimum absolute atomic E-state index is 0.141. The molecular weight excluding hydrogens is 278 g/mol. The van der Waals surface area contributed by atoms with Gasteiger partial charge in [-0.05, 0) is 30.4 Å². The fourth-order valence-electron chi connectivity index (χ4n) is 3.60. The second-order valence-corrected chi connectivity index (χ2v) is 5.91. The van der Waals surface area contributed by atoms with Crippen molar-refractivity contribution < 1.29 is 4.79 Å². The van der Waals surface area contributed by atoms with Gasteiger partial charge in [-0.3, -0.25) is 4.79 Å². The van der Waals surface area contributed by atoms with Crippen LogP contribution in [-0.2, 0) is 4.79 Å². The highest BCUT2D eigenvalue weighted by atomic mass is 35.5. The Hall–Kier alpha value is -1.69. The monoisotopic (exact) mass is 291 g/mol. The van der Waals surface area contributed by atoms with Gasteiger partial charge in [-0.25, -0.2) is 9.67 Å². The van der Waals surface area contributed by atoms with E-state index < -0.39 is 0 Å². The molecule has 1 saturated heterocycles. The molecule has 2 aliphatic rings. The molecule has 3 heterocycles. The SMILES string of the molecule is CC(=O)N1CC2CCC(n3ncc4cnc(Cl)nc43)C21. The number of amides is 1. The van der Waals surface area contributed by atoms with Gasteiger partial charge in [-0.1, -0.05) is 0 Å². The van der Waals surface area contributed by atoms with Crippen molar-refractivity contribution in [1.29, 1.82) is 0 Å². The molecule has 0 N–H and O–H groups in total. The lowest BCUT2D eigenvalue weighted by atomic mass is 9.90. The minimum Gasteiger partial charge on any atom is -0.337 e. The molecule has 0 radical (unpaired) electrons. The largest absolute Gasteiger partial charge is 0.337 e. The molecule has 0 spiro atoms. The number of carbonyl (C=O) groups excluding carboxylic acids is 1. The fraction of sp³-hybridized carbons (Fsp3) is 0.538. The lowest BCUT2D eigenvalue weighted by molar-refractivity contribution is -0.141. The van der Waals surface area contributed by atoms with E-state index in [1.165, 1.54) is 0 Å². The molecule has 2 fully saturated rings. The third kappa shape index (κ3) is 1.57. The van der Waals surface area contributed by atoms with E-state index in [1.54, 1.807) is 19.3 Å². The average molecular weight is 292 g/mol. The third-order valence-corrected chi connectivity index (χ3v) is 4.71. The van der Waals surface area contributed by atoms with Crippen LogP contribution in [0.25, 0.3) is 11.0 Å². The number of rotatable bonds is 1. The van der Waals surface area contributed by atoms with E-state index in [2.05, 4.69) is 15.1 Å². The summed E-state index contributed by atoms with van der Waals surface area (Å²) in [5.41, 5.74) is 0.756. The lowest BCUT2D eigenvalue weighted by Gasteiger charge is -2.46. The highest BCUT2D eigenvalue weighted by Gasteiger charge is 2.50. The molecule has 1 aliphatic carbocycles. The normalized spacial score (nSPS) is 28.5. The molecule has 2 aromatic heterocycles. The number of hydrogen-bond donors (Lipinski definition) is 0. The zero-order valence-electron chi connectivity index (χ0n) is 11.0. The van der Waals surface area contributed by atoms with E-state index in [1.807, 2.05) is 9.58 Å². The Morgan fingerprint density at radius 1 is 1.40 bits per heavy atom. The van der Waals surface area contributed by atoms with Crippen LogP contribution < -0.4 is 0 Å². The first kappa shape index (κ1) is 12.1. The molecule has 7 heteroatoms. The second-order valence-electron chi connectivity index (χ2n) is 5.57. The van der Waals surface area contributed by atoms with Gasteiger partial charge in [-0.15, -0.1) is 0 Å². The Balaban J connectivity index is 1.76. The highest BCUT2D eigenvalue weighted by molar-refractivity contribution is 6.28. The number of nitrogens with zero attached hydrogens (tertiary/aromatic N) is 5. The van der Waals surface area contributed by atoms with Gasteiger partial charge < -0.3 is 4.90 Å². The van der Waals surface area contributed by atoms with Crippen LogP contribution in [0.5, 0.6) is 0 Å². The van der Waals surface area contributed by atoms with Crippen LogP contribution in [0.2, 0.25) is 5.28 Å². The van der Waals surface area contributed by atoms with Gasteiger partial charge in [0.15, 0.2) is 5.65 Å². The molecule has 1 aliphatic heterocycles. The van der Waals surface area contributed by atoms with E-state index in [9.17, 15) is 4.79 Å². The van der Waals surface area contributed by atoms with Crippen molar-refractivity contribution in [3.05, 3.63) is 17.7 Å². The van der Waals surface area contributed by atoms with Gasteiger partial charge in [0.05, 0.1) is 23.7 Å². The molecule has 20 heavy (non-hydrogen) atoms. The summed E-state index contributed by atoms with van der Waals surface area (Å²) in [6.07, 6.45) is 5.61. The van der Waals surface area contributed by atoms with Crippen molar-refractivity contribution in [3.8, 4) is 0 Å². The van der Waals surface area contributed by atoms with Crippen molar-refractivity contribution in [2.75, 3.05) is 6.54 Å². The molecule has 104 valence electrons. The summed E-state index contributed by atoms with van der Waals surface area (Å²) in [7, 11) is 0. The maximum atomic E-state index is 11.7. The van der Waals surface area contributed by atoms with E-state index >= 15 is 0 Å². The number of carbonyl (C=O) groups is 1. The van der Waals surface area contributed by atoms with Crippen molar-refractivity contribution in [3.63, 3.8) is 0 Å². The number of halogens is 1. The summed E-state index contributed by atoms with van der Waals surface area (Å²) < 4.78 is 1.92. The smallest absolute Gasteiger partial charge is 0.224 e. The van der Waals surface area contributed by atoms with Gasteiger partial charge in [0.1, 0.15) is 0 Å². The first-order valence-corrected chi connectivity index (χ1v) is 7.16. The predicted octanol–water partition coefficient (Wildman–Crippen LogP) is 1.66. The van der Waals surface area contributed by atoms with Crippen LogP contribution in [0.1, 0.15) is 25.8 Å². The van der Waals surface area contributed by atoms with Gasteiger partial charge in [0, 0.05) is 19.7 Å². The summed E-state index contributed by atoms with van der Waals surface area (Å²) in [6.45, 7) is 2.51. The lowest BCUT2D eigenvalue weighted by Crippen LogP contribution is -2.58. The summed E-state index contributed by atoms with van der Waals surface area (Å²) in [5.74, 6) is 0.739. The number of hydrogen-bond acceptors (Lipinski definition) is 4. The Kier molecular flexibility index (Phi) is 2.51. The average Bonchev–Trinajstić information content (AvgIpc) is 2.90. The molecule has 1 saturated carbocycles. The van der Waals surface area contributed by atoms with E-state index in [0.29, 0.717) is 5.92 Å². The van der Waals surface area contributed by atoms with Crippen molar-refractivity contribution in [2.24, 2.45) is 5.92 Å². The first-order chi connectivity index (χ1) is 9.65. The quantitative estimate of drug-likeness (QED) is 0.750. The summed E-state index contributed by atoms with van der Waals surface area (Å²) >= 11 is 5.88. The first-order valence-electron chi connectivity index (χ1n) is 6.78. The van der Waals surface area contributed by atoms with E-state index in [0.717, 1.165) is 30.4 Å². The summed E-state index contributed by atoms with van der Waals surface area (Å²) in [6, 6.07) is 0.449. The Labute approximate surface area is 120 Å².